The smallest absolute Gasteiger partial charge is 0.142 e. The van der Waals surface area contributed by atoms with Crippen LogP contribution in [-0.2, 0) is 0 Å². The second-order valence-corrected chi connectivity index (χ2v) is 4.37. The second kappa shape index (κ2) is 4.61. The Morgan fingerprint density at radius 1 is 1.44 bits per heavy atom. The molecule has 0 spiro atoms. The third kappa shape index (κ3) is 2.39. The van der Waals surface area contributed by atoms with Crippen LogP contribution >= 0.6 is 0 Å². The summed E-state index contributed by atoms with van der Waals surface area (Å²) in [6, 6.07) is 5.82. The minimum Gasteiger partial charge on any atom is -0.490 e. The van der Waals surface area contributed by atoms with Gasteiger partial charge in [-0.3, -0.25) is 0 Å². The van der Waals surface area contributed by atoms with Crippen molar-refractivity contribution in [2.45, 2.75) is 0 Å². The molecule has 2 rings (SSSR count). The van der Waals surface area contributed by atoms with Gasteiger partial charge in [0, 0.05) is 18.8 Å². The third-order valence-electron chi connectivity index (χ3n) is 2.76. The number of ether oxygens (including phenoxy) is 1. The van der Waals surface area contributed by atoms with Crippen molar-refractivity contribution in [2.75, 3.05) is 51.0 Å². The molecule has 0 aliphatic carbocycles. The molecule has 0 fully saturated rings. The number of nitrogen functional groups attached to an aromatic ring is 1. The van der Waals surface area contributed by atoms with E-state index in [4.69, 9.17) is 10.5 Å². The van der Waals surface area contributed by atoms with Crippen LogP contribution in [0.15, 0.2) is 18.2 Å². The minimum atomic E-state index is 0.754. The lowest BCUT2D eigenvalue weighted by molar-refractivity contribution is 0.303. The van der Waals surface area contributed by atoms with E-state index in [2.05, 4.69) is 23.9 Å². The maximum absolute atomic E-state index is 5.81. The summed E-state index contributed by atoms with van der Waals surface area (Å²) in [5.74, 6) is 0.944. The molecule has 16 heavy (non-hydrogen) atoms. The number of fused-ring (bicyclic) bond motifs is 1. The first-order valence-corrected chi connectivity index (χ1v) is 5.59. The van der Waals surface area contributed by atoms with Gasteiger partial charge in [0.1, 0.15) is 12.4 Å². The zero-order chi connectivity index (χ0) is 11.5. The van der Waals surface area contributed by atoms with E-state index in [0.29, 0.717) is 0 Å². The van der Waals surface area contributed by atoms with Crippen molar-refractivity contribution in [3.05, 3.63) is 18.2 Å². The number of nitrogens with two attached hydrogens (primary N) is 1. The zero-order valence-electron chi connectivity index (χ0n) is 9.94. The summed E-state index contributed by atoms with van der Waals surface area (Å²) in [6.07, 6.45) is 0. The Hall–Kier alpha value is -1.42. The fourth-order valence-electron chi connectivity index (χ4n) is 1.84. The first kappa shape index (κ1) is 11.1. The Morgan fingerprint density at radius 3 is 3.00 bits per heavy atom. The molecule has 0 aromatic heterocycles. The summed E-state index contributed by atoms with van der Waals surface area (Å²) in [5, 5.41) is 0. The molecule has 0 atom stereocenters. The third-order valence-corrected chi connectivity index (χ3v) is 2.76. The van der Waals surface area contributed by atoms with Gasteiger partial charge < -0.3 is 20.3 Å². The van der Waals surface area contributed by atoms with Crippen molar-refractivity contribution < 1.29 is 4.74 Å². The highest BCUT2D eigenvalue weighted by molar-refractivity contribution is 5.66. The van der Waals surface area contributed by atoms with Gasteiger partial charge in [0.2, 0.25) is 0 Å². The van der Waals surface area contributed by atoms with Gasteiger partial charge in [-0.1, -0.05) is 0 Å². The van der Waals surface area contributed by atoms with Crippen LogP contribution in [-0.4, -0.2) is 45.2 Å². The number of nitrogens with zero attached hydrogens (tertiary/aromatic N) is 2. The van der Waals surface area contributed by atoms with Crippen molar-refractivity contribution >= 4 is 11.4 Å². The second-order valence-electron chi connectivity index (χ2n) is 4.37. The number of hydrogen-bond donors (Lipinski definition) is 1. The Kier molecular flexibility index (Phi) is 3.19. The summed E-state index contributed by atoms with van der Waals surface area (Å²) in [7, 11) is 4.17. The van der Waals surface area contributed by atoms with Crippen LogP contribution in [0.2, 0.25) is 0 Å². The van der Waals surface area contributed by atoms with Gasteiger partial charge in [-0.25, -0.2) is 0 Å². The Bertz CT molecular complexity index is 365. The predicted octanol–water partition coefficient (Wildman–Crippen LogP) is 1.03. The summed E-state index contributed by atoms with van der Waals surface area (Å²) < 4.78 is 5.60. The van der Waals surface area contributed by atoms with E-state index in [1.165, 1.54) is 0 Å². The molecule has 0 bridgehead atoms. The molecule has 0 radical (unpaired) electrons. The van der Waals surface area contributed by atoms with Crippen molar-refractivity contribution in [1.82, 2.24) is 4.90 Å². The van der Waals surface area contributed by atoms with Crippen LogP contribution in [0.25, 0.3) is 0 Å². The van der Waals surface area contributed by atoms with E-state index in [0.717, 1.165) is 43.4 Å². The quantitative estimate of drug-likeness (QED) is 0.774. The molecule has 0 unspecified atom stereocenters. The number of anilines is 2. The molecule has 0 amide bonds. The van der Waals surface area contributed by atoms with Gasteiger partial charge in [-0.05, 0) is 32.3 Å². The summed E-state index contributed by atoms with van der Waals surface area (Å²) in [6.45, 7) is 3.73. The largest absolute Gasteiger partial charge is 0.490 e. The standard InChI is InChI=1S/C12H19N3O/c1-14(2)5-6-15-7-8-16-12-4-3-10(13)9-11(12)15/h3-4,9H,5-8,13H2,1-2H3. The number of likely N-dealkylation sites (N-methyl/N-ethyl adjacent to an activating group) is 1. The summed E-state index contributed by atoms with van der Waals surface area (Å²) in [5.41, 5.74) is 7.72. The van der Waals surface area contributed by atoms with Crippen molar-refractivity contribution in [1.29, 1.82) is 0 Å². The minimum absolute atomic E-state index is 0.754. The van der Waals surface area contributed by atoms with Gasteiger partial charge in [0.25, 0.3) is 0 Å². The molecule has 1 aromatic carbocycles. The lowest BCUT2D eigenvalue weighted by atomic mass is 10.2. The van der Waals surface area contributed by atoms with Gasteiger partial charge in [-0.2, -0.15) is 0 Å². The van der Waals surface area contributed by atoms with Crippen molar-refractivity contribution in [3.8, 4) is 5.75 Å². The highest BCUT2D eigenvalue weighted by atomic mass is 16.5. The van der Waals surface area contributed by atoms with Crippen molar-refractivity contribution in [2.24, 2.45) is 0 Å². The van der Waals surface area contributed by atoms with Crippen LogP contribution in [0, 0.1) is 0 Å². The van der Waals surface area contributed by atoms with Crippen LogP contribution in [0.4, 0.5) is 11.4 Å². The fourth-order valence-corrected chi connectivity index (χ4v) is 1.84. The van der Waals surface area contributed by atoms with E-state index in [-0.39, 0.29) is 0 Å². The van der Waals surface area contributed by atoms with E-state index in [9.17, 15) is 0 Å². The molecule has 88 valence electrons. The molecule has 4 heteroatoms. The molecule has 2 N–H and O–H groups in total. The monoisotopic (exact) mass is 221 g/mol. The topological polar surface area (TPSA) is 41.7 Å². The van der Waals surface area contributed by atoms with Crippen LogP contribution in [0.1, 0.15) is 0 Å². The molecular weight excluding hydrogens is 202 g/mol. The number of benzene rings is 1. The van der Waals surface area contributed by atoms with E-state index in [1.807, 2.05) is 18.2 Å². The predicted molar refractivity (Wildman–Crippen MR) is 67.1 cm³/mol. The lowest BCUT2D eigenvalue weighted by Crippen LogP contribution is -2.37. The van der Waals surface area contributed by atoms with E-state index >= 15 is 0 Å². The number of rotatable bonds is 3. The molecule has 1 heterocycles. The lowest BCUT2D eigenvalue weighted by Gasteiger charge is -2.32. The Labute approximate surface area is 96.6 Å². The fraction of sp³-hybridized carbons (Fsp3) is 0.500. The first-order chi connectivity index (χ1) is 7.66. The molecule has 0 saturated carbocycles. The SMILES string of the molecule is CN(C)CCN1CCOc2ccc(N)cc21. The number of hydrogen-bond acceptors (Lipinski definition) is 4. The average molecular weight is 221 g/mol. The highest BCUT2D eigenvalue weighted by Crippen LogP contribution is 2.32. The molecule has 1 aliphatic heterocycles. The van der Waals surface area contributed by atoms with Crippen LogP contribution in [0.3, 0.4) is 0 Å². The van der Waals surface area contributed by atoms with Crippen LogP contribution < -0.4 is 15.4 Å². The van der Waals surface area contributed by atoms with Crippen LogP contribution in [0.5, 0.6) is 5.75 Å². The average Bonchev–Trinajstić information content (AvgIpc) is 2.26. The molecule has 0 saturated heterocycles. The van der Waals surface area contributed by atoms with E-state index < -0.39 is 0 Å². The van der Waals surface area contributed by atoms with Gasteiger partial charge in [0.05, 0.1) is 12.2 Å². The highest BCUT2D eigenvalue weighted by Gasteiger charge is 2.17. The summed E-state index contributed by atoms with van der Waals surface area (Å²) >= 11 is 0. The Morgan fingerprint density at radius 2 is 2.25 bits per heavy atom. The zero-order valence-corrected chi connectivity index (χ0v) is 9.94. The maximum Gasteiger partial charge on any atom is 0.142 e. The molecule has 4 nitrogen and oxygen atoms in total. The normalized spacial score (nSPS) is 14.8. The molecule has 1 aliphatic rings. The first-order valence-electron chi connectivity index (χ1n) is 5.59. The Balaban J connectivity index is 2.15. The maximum atomic E-state index is 5.81. The summed E-state index contributed by atoms with van der Waals surface area (Å²) in [4.78, 5) is 4.51. The van der Waals surface area contributed by atoms with E-state index in [1.54, 1.807) is 0 Å². The van der Waals surface area contributed by atoms with Gasteiger partial charge in [-0.15, -0.1) is 0 Å². The van der Waals surface area contributed by atoms with Gasteiger partial charge >= 0.3 is 0 Å². The molecular formula is C12H19N3O. The van der Waals surface area contributed by atoms with Gasteiger partial charge in [0.15, 0.2) is 0 Å². The molecule has 1 aromatic rings. The van der Waals surface area contributed by atoms with Crippen molar-refractivity contribution in [3.63, 3.8) is 0 Å².